The summed E-state index contributed by atoms with van der Waals surface area (Å²) in [7, 11) is -7.98. The Balaban J connectivity index is -0.000000144. The number of amidine groups is 1. The summed E-state index contributed by atoms with van der Waals surface area (Å²) in [6.07, 6.45) is 0. The van der Waals surface area contributed by atoms with E-state index in [4.69, 9.17) is 40.5 Å². The number of nitrogens with two attached hydrogens (primary N) is 1. The molecule has 7 N–H and O–H groups in total. The molecule has 0 atom stereocenters. The van der Waals surface area contributed by atoms with Crippen molar-refractivity contribution in [2.45, 2.75) is 0 Å². The number of methoxy groups -OCH3 is 1. The topological polar surface area (TPSA) is 208 Å². The van der Waals surface area contributed by atoms with E-state index in [1.165, 1.54) is 7.11 Å². The van der Waals surface area contributed by atoms with E-state index < -0.39 is 20.8 Å². The van der Waals surface area contributed by atoms with Gasteiger partial charge in [-0.25, -0.2) is 0 Å². The highest BCUT2D eigenvalue weighted by Gasteiger charge is 1.85. The van der Waals surface area contributed by atoms with Crippen LogP contribution in [-0.2, 0) is 25.5 Å². The maximum atomic E-state index is 8.74. The van der Waals surface area contributed by atoms with Crippen molar-refractivity contribution in [1.82, 2.24) is 0 Å². The third-order valence-corrected chi connectivity index (χ3v) is 0.220. The average molecular weight is 270 g/mol. The lowest BCUT2D eigenvalue weighted by Gasteiger charge is -1.85. The third kappa shape index (κ3) is 1550. The van der Waals surface area contributed by atoms with Gasteiger partial charge in [-0.1, -0.05) is 0 Å². The summed E-state index contributed by atoms with van der Waals surface area (Å²) < 4.78 is 67.3. The van der Waals surface area contributed by atoms with Gasteiger partial charge in [0.15, 0.2) is 0 Å². The van der Waals surface area contributed by atoms with Crippen LogP contribution in [0.1, 0.15) is 0 Å². The van der Waals surface area contributed by atoms with Crippen molar-refractivity contribution in [2.75, 3.05) is 7.11 Å². The van der Waals surface area contributed by atoms with Crippen LogP contribution >= 0.6 is 0 Å². The zero-order chi connectivity index (χ0) is 13.3. The zero-order valence-corrected chi connectivity index (χ0v) is 8.86. The summed E-state index contributed by atoms with van der Waals surface area (Å²) in [5.41, 5.74) is 4.65. The van der Waals surface area contributed by atoms with Gasteiger partial charge in [-0.15, -0.1) is 0 Å². The number of ether oxygens (including phenoxy) is 1. The second-order valence-corrected chi connectivity index (χ2v) is 3.26. The minimum absolute atomic E-state index is 0.245. The minimum Gasteiger partial charge on any atom is -0.469 e. The van der Waals surface area contributed by atoms with E-state index in [0.717, 1.165) is 0 Å². The Morgan fingerprint density at radius 2 is 1.13 bits per heavy atom. The summed E-state index contributed by atoms with van der Waals surface area (Å²) in [6, 6.07) is -0.245. The maximum absolute atomic E-state index is 8.74. The van der Waals surface area contributed by atoms with Gasteiger partial charge >= 0.3 is 20.8 Å². The molecule has 13 heteroatoms. The van der Waals surface area contributed by atoms with Crippen molar-refractivity contribution in [3.05, 3.63) is 0 Å². The number of hydrogen-bond donors (Lipinski definition) is 6. The molecule has 0 heterocycles. The Morgan fingerprint density at radius 1 is 1.07 bits per heavy atom. The lowest BCUT2D eigenvalue weighted by Crippen LogP contribution is -2.10. The Kier molecular flexibility index (Phi) is 10.9. The first-order valence-corrected chi connectivity index (χ1v) is 5.34. The lowest BCUT2D eigenvalue weighted by atomic mass is 11.2. The van der Waals surface area contributed by atoms with E-state index in [1.54, 1.807) is 0 Å². The molecule has 0 aliphatic heterocycles. The molecule has 0 aliphatic rings. The normalized spacial score (nSPS) is 9.93. The molecule has 0 aromatic carbocycles. The maximum Gasteiger partial charge on any atom is 0.394 e. The van der Waals surface area contributed by atoms with Gasteiger partial charge in [0.2, 0.25) is 0 Å². The first-order chi connectivity index (χ1) is 6.27. The minimum atomic E-state index is -4.67. The molecule has 0 aliphatic carbocycles. The van der Waals surface area contributed by atoms with Gasteiger partial charge in [-0.05, 0) is 0 Å². The smallest absolute Gasteiger partial charge is 0.394 e. The van der Waals surface area contributed by atoms with E-state index in [0.29, 0.717) is 0 Å². The third-order valence-electron chi connectivity index (χ3n) is 0.220. The molecule has 0 spiro atoms. The van der Waals surface area contributed by atoms with Crippen molar-refractivity contribution < 1.29 is 39.8 Å². The van der Waals surface area contributed by atoms with Gasteiger partial charge in [-0.3, -0.25) is 23.6 Å². The van der Waals surface area contributed by atoms with Crippen LogP contribution in [0.25, 0.3) is 0 Å². The Labute approximate surface area is 85.5 Å². The molecule has 0 radical (unpaired) electrons. The van der Waals surface area contributed by atoms with Crippen LogP contribution in [0, 0.1) is 5.41 Å². The summed E-state index contributed by atoms with van der Waals surface area (Å²) >= 11 is 0. The van der Waals surface area contributed by atoms with Gasteiger partial charge in [0.1, 0.15) is 0 Å². The molecule has 0 aromatic heterocycles. The van der Waals surface area contributed by atoms with E-state index in [2.05, 4.69) is 10.5 Å². The fourth-order valence-corrected chi connectivity index (χ4v) is 0. The summed E-state index contributed by atoms with van der Waals surface area (Å²) in [5, 5.41) is 6.30. The molecule has 0 rings (SSSR count). The van der Waals surface area contributed by atoms with Crippen molar-refractivity contribution in [3.63, 3.8) is 0 Å². The molecular formula is C2H10N2O9S2. The van der Waals surface area contributed by atoms with Crippen LogP contribution < -0.4 is 5.73 Å². The van der Waals surface area contributed by atoms with E-state index in [9.17, 15) is 0 Å². The van der Waals surface area contributed by atoms with E-state index >= 15 is 0 Å². The van der Waals surface area contributed by atoms with Gasteiger partial charge < -0.3 is 10.5 Å². The quantitative estimate of drug-likeness (QED) is 0.165. The standard InChI is InChI=1S/C2H6N2O.2H2O4S/c1-5-2(3)4;2*1-5(2,3)4/h1H3,(H3,3,4);2*(H2,1,2,3,4). The second kappa shape index (κ2) is 8.33. The first-order valence-electron chi connectivity index (χ1n) is 2.55. The molecule has 0 unspecified atom stereocenters. The highest BCUT2D eigenvalue weighted by Crippen LogP contribution is 1.59. The predicted molar refractivity (Wildman–Crippen MR) is 47.3 cm³/mol. The summed E-state index contributed by atoms with van der Waals surface area (Å²) in [5.74, 6) is 0. The fourth-order valence-electron chi connectivity index (χ4n) is 0. The zero-order valence-electron chi connectivity index (χ0n) is 7.22. The number of nitrogens with one attached hydrogen (secondary N) is 1. The summed E-state index contributed by atoms with van der Waals surface area (Å²) in [4.78, 5) is 0. The first kappa shape index (κ1) is 19.6. The van der Waals surface area contributed by atoms with E-state index in [1.807, 2.05) is 0 Å². The lowest BCUT2D eigenvalue weighted by molar-refractivity contribution is 0.378. The Bertz CT molecular complexity index is 308. The molecule has 0 saturated heterocycles. The highest BCUT2D eigenvalue weighted by molar-refractivity contribution is 7.80. The molecule has 0 bridgehead atoms. The van der Waals surface area contributed by atoms with Gasteiger partial charge in [-0.2, -0.15) is 16.8 Å². The highest BCUT2D eigenvalue weighted by atomic mass is 32.3. The molecular weight excluding hydrogens is 260 g/mol. The van der Waals surface area contributed by atoms with Crippen LogP contribution in [0.5, 0.6) is 0 Å². The Hall–Kier alpha value is -0.990. The molecule has 0 saturated carbocycles. The monoisotopic (exact) mass is 270 g/mol. The molecule has 0 aromatic rings. The SMILES string of the molecule is COC(=N)N.O=S(=O)(O)O.O=S(=O)(O)O. The number of hydrogen-bond acceptors (Lipinski definition) is 6. The molecule has 15 heavy (non-hydrogen) atoms. The van der Waals surface area contributed by atoms with Gasteiger partial charge in [0.25, 0.3) is 6.02 Å². The van der Waals surface area contributed by atoms with Crippen LogP contribution in [0.4, 0.5) is 0 Å². The van der Waals surface area contributed by atoms with E-state index in [-0.39, 0.29) is 6.02 Å². The van der Waals surface area contributed by atoms with Crippen molar-refractivity contribution >= 4 is 26.8 Å². The average Bonchev–Trinajstić information content (AvgIpc) is 1.79. The van der Waals surface area contributed by atoms with Crippen LogP contribution in [-0.4, -0.2) is 48.2 Å². The van der Waals surface area contributed by atoms with Crippen LogP contribution in [0.3, 0.4) is 0 Å². The van der Waals surface area contributed by atoms with Crippen molar-refractivity contribution in [3.8, 4) is 0 Å². The predicted octanol–water partition coefficient (Wildman–Crippen LogP) is -1.78. The van der Waals surface area contributed by atoms with Gasteiger partial charge in [0, 0.05) is 0 Å². The largest absolute Gasteiger partial charge is 0.469 e. The fraction of sp³-hybridized carbons (Fsp3) is 0.500. The molecule has 0 fully saturated rings. The molecule has 94 valence electrons. The van der Waals surface area contributed by atoms with Crippen LogP contribution in [0.2, 0.25) is 0 Å². The Morgan fingerprint density at radius 3 is 1.13 bits per heavy atom. The summed E-state index contributed by atoms with van der Waals surface area (Å²) in [6.45, 7) is 0. The van der Waals surface area contributed by atoms with Crippen LogP contribution in [0.15, 0.2) is 0 Å². The van der Waals surface area contributed by atoms with Gasteiger partial charge in [0.05, 0.1) is 7.11 Å². The molecule has 11 nitrogen and oxygen atoms in total. The second-order valence-electron chi connectivity index (χ2n) is 1.46. The molecule has 0 amide bonds. The van der Waals surface area contributed by atoms with Crippen molar-refractivity contribution in [1.29, 1.82) is 5.41 Å². The number of rotatable bonds is 0. The van der Waals surface area contributed by atoms with Crippen molar-refractivity contribution in [2.24, 2.45) is 5.73 Å².